The van der Waals surface area contributed by atoms with Gasteiger partial charge in [0.1, 0.15) is 0 Å². The number of rotatable bonds is 6. The van der Waals surface area contributed by atoms with E-state index < -0.39 is 93.5 Å². The maximum atomic E-state index is 11.9. The summed E-state index contributed by atoms with van der Waals surface area (Å²) in [6.45, 7) is 19.4. The Hall–Kier alpha value is 0.255. The molecule has 5 aliphatic rings. The number of carbonyl (C=O) groups excluding carboxylic acids is 1. The van der Waals surface area contributed by atoms with E-state index in [2.05, 4.69) is 6.58 Å². The highest BCUT2D eigenvalue weighted by Crippen LogP contribution is 2.59. The van der Waals surface area contributed by atoms with Crippen molar-refractivity contribution in [2.24, 2.45) is 0 Å². The van der Waals surface area contributed by atoms with Crippen LogP contribution in [0.2, 0.25) is 51.9 Å². The van der Waals surface area contributed by atoms with Gasteiger partial charge in [0.2, 0.25) is 5.03 Å². The van der Waals surface area contributed by atoms with E-state index in [0.717, 1.165) is 0 Å². The maximum absolute atomic E-state index is 11.9. The van der Waals surface area contributed by atoms with Gasteiger partial charge in [-0.25, -0.2) is 4.79 Å². The van der Waals surface area contributed by atoms with Crippen LogP contribution < -0.4 is 0 Å². The van der Waals surface area contributed by atoms with E-state index in [4.69, 9.17) is 54.7 Å². The Morgan fingerprint density at radius 3 is 1.59 bits per heavy atom. The average Bonchev–Trinajstić information content (AvgIpc) is 3.02. The Morgan fingerprint density at radius 1 is 0.727 bits per heavy atom. The monoisotopic (exact) mass is 772 g/mol. The number of alkyl halides is 3. The zero-order chi connectivity index (χ0) is 32.9. The van der Waals surface area contributed by atoms with Gasteiger partial charge in [-0.05, 0) is 32.9 Å². The number of hydrogen-bond donors (Lipinski definition) is 0. The summed E-state index contributed by atoms with van der Waals surface area (Å²) < 4.78 is 119. The highest BCUT2D eigenvalue weighted by molar-refractivity contribution is 7.08. The Morgan fingerprint density at radius 2 is 1.14 bits per heavy atom. The third-order valence-electron chi connectivity index (χ3n) is 7.25. The van der Waals surface area contributed by atoms with Crippen LogP contribution in [0, 0.1) is 0 Å². The summed E-state index contributed by atoms with van der Waals surface area (Å²) in [5.74, 6) is -0.478. The van der Waals surface area contributed by atoms with E-state index in [1.165, 1.54) is 6.92 Å². The molecule has 0 N–H and O–H groups in total. The van der Waals surface area contributed by atoms with Gasteiger partial charge in [-0.2, -0.15) is 13.2 Å². The first-order valence-corrected chi connectivity index (χ1v) is 31.9. The summed E-state index contributed by atoms with van der Waals surface area (Å²) >= 11 is 0. The molecule has 9 unspecified atom stereocenters. The third-order valence-corrected chi connectivity index (χ3v) is 45.1. The number of esters is 1. The summed E-state index contributed by atoms with van der Waals surface area (Å²) in [7, 11) is -28.6. The van der Waals surface area contributed by atoms with Gasteiger partial charge in [0, 0.05) is 50.8 Å². The van der Waals surface area contributed by atoms with Crippen molar-refractivity contribution in [1.82, 2.24) is 0 Å². The van der Waals surface area contributed by atoms with Gasteiger partial charge in [0.05, 0.1) is 6.61 Å². The molecule has 0 aromatic rings. The number of carbonyl (C=O) groups is 1. The fourth-order valence-corrected chi connectivity index (χ4v) is 57.3. The van der Waals surface area contributed by atoms with Crippen LogP contribution in [0.3, 0.4) is 0 Å². The molecule has 25 heteroatoms. The van der Waals surface area contributed by atoms with E-state index >= 15 is 0 Å². The quantitative estimate of drug-likeness (QED) is 0.167. The molecule has 0 saturated carbocycles. The molecule has 0 aliphatic carbocycles. The molecule has 0 aromatic carbocycles. The highest BCUT2D eigenvalue weighted by Gasteiger charge is 2.92. The molecule has 5 heterocycles. The molecule has 252 valence electrons. The Bertz CT molecular complexity index is 1230. The van der Waals surface area contributed by atoms with Crippen LogP contribution in [0.5, 0.6) is 0 Å². The van der Waals surface area contributed by atoms with Crippen LogP contribution in [-0.4, -0.2) is 93.7 Å². The minimum Gasteiger partial charge on any atom is -0.462 e. The van der Waals surface area contributed by atoms with Gasteiger partial charge >= 0.3 is 82.1 Å². The van der Waals surface area contributed by atoms with Gasteiger partial charge in [0.15, 0.2) is 0 Å². The zero-order valence-corrected chi connectivity index (χ0v) is 34.1. The predicted octanol–water partition coefficient (Wildman–Crippen LogP) is 3.83. The van der Waals surface area contributed by atoms with E-state index in [9.17, 15) is 18.0 Å². The molecular formula is C19H39F3O14Si8. The van der Waals surface area contributed by atoms with Crippen molar-refractivity contribution in [1.29, 1.82) is 0 Å². The second kappa shape index (κ2) is 10.9. The molecule has 0 amide bonds. The largest absolute Gasteiger partial charge is 0.484 e. The van der Waals surface area contributed by atoms with Crippen molar-refractivity contribution in [3.05, 3.63) is 12.2 Å². The zero-order valence-electron chi connectivity index (χ0n) is 26.1. The van der Waals surface area contributed by atoms with Crippen molar-refractivity contribution in [2.75, 3.05) is 6.61 Å². The summed E-state index contributed by atoms with van der Waals surface area (Å²) in [5, 5.41) is -1.51. The van der Waals surface area contributed by atoms with Crippen LogP contribution in [0.4, 0.5) is 13.2 Å². The second-order valence-corrected chi connectivity index (χ2v) is 36.8. The van der Waals surface area contributed by atoms with Crippen molar-refractivity contribution in [2.45, 2.75) is 96.2 Å². The lowest BCUT2D eigenvalue weighted by atomic mass is 10.3. The fourth-order valence-electron chi connectivity index (χ4n) is 6.30. The van der Waals surface area contributed by atoms with E-state index in [1.54, 1.807) is 39.7 Å². The first-order valence-electron chi connectivity index (χ1n) is 14.2. The number of hydrogen-bond acceptors (Lipinski definition) is 14. The minimum atomic E-state index is -3.95. The van der Waals surface area contributed by atoms with Gasteiger partial charge in [-0.1, -0.05) is 13.5 Å². The van der Waals surface area contributed by atoms with Gasteiger partial charge in [0.25, 0.3) is 0 Å². The Balaban J connectivity index is 0.000000493. The molecule has 0 radical (unpaired) electrons. The van der Waals surface area contributed by atoms with Crippen molar-refractivity contribution in [3.8, 4) is 0 Å². The lowest BCUT2D eigenvalue weighted by molar-refractivity contribution is -0.139. The molecule has 5 rings (SSSR count). The number of ether oxygens (including phenoxy) is 1. The maximum Gasteiger partial charge on any atom is 0.484 e. The third kappa shape index (κ3) is 6.37. The number of halogens is 3. The molecule has 0 aromatic heterocycles. The Kier molecular flexibility index (Phi) is 8.79. The van der Waals surface area contributed by atoms with Gasteiger partial charge in [-0.3, -0.25) is 0 Å². The molecule has 5 fully saturated rings. The average molecular weight is 773 g/mol. The predicted molar refractivity (Wildman–Crippen MR) is 159 cm³/mol. The van der Waals surface area contributed by atoms with E-state index in [0.29, 0.717) is 12.0 Å². The first-order chi connectivity index (χ1) is 19.9. The molecule has 5 saturated heterocycles. The van der Waals surface area contributed by atoms with Crippen molar-refractivity contribution < 1.29 is 72.7 Å². The molecule has 14 nitrogen and oxygen atoms in total. The summed E-state index contributed by atoms with van der Waals surface area (Å²) in [6.07, 6.45) is -4.06. The topological polar surface area (TPSA) is 137 Å². The van der Waals surface area contributed by atoms with Crippen molar-refractivity contribution >= 4 is 75.9 Å². The highest BCUT2D eigenvalue weighted by atomic mass is 28.6. The van der Waals surface area contributed by atoms with Crippen LogP contribution in [-0.2, 0) is 59.5 Å². The van der Waals surface area contributed by atoms with Crippen LogP contribution >= 0.6 is 0 Å². The summed E-state index contributed by atoms with van der Waals surface area (Å²) in [4.78, 5) is 11.9. The van der Waals surface area contributed by atoms with Crippen LogP contribution in [0.25, 0.3) is 0 Å². The normalized spacial score (nSPS) is 50.2. The molecule has 8 bridgehead atoms. The molecule has 5 aliphatic heterocycles. The lowest BCUT2D eigenvalue weighted by Crippen LogP contribution is -2.86. The van der Waals surface area contributed by atoms with Gasteiger partial charge < -0.3 is 54.7 Å². The molecule has 9 atom stereocenters. The summed E-state index contributed by atoms with van der Waals surface area (Å²) in [5.41, 5.74) is 0.312. The lowest BCUT2D eigenvalue weighted by Gasteiger charge is -2.57. The van der Waals surface area contributed by atoms with Crippen LogP contribution in [0.15, 0.2) is 12.2 Å². The Labute approximate surface area is 262 Å². The van der Waals surface area contributed by atoms with E-state index in [-0.39, 0.29) is 19.1 Å². The smallest absolute Gasteiger partial charge is 0.462 e. The molecule has 1 spiro atoms. The minimum absolute atomic E-state index is 0.102. The standard InChI is InChI=1S/C15H32O14Si8.C4H7F3/c1-13(2)14(16)17-11-10-12-37-27-32(5)18-15-19-33(6,28-37)24-36(9)25-34(7,21-30(15,3)20-32)22-31(15,4)23-35(8,26-36)29-37;1-2-3-4(5,6)7/h1,10-12H2,2-9H3;2-3H2,1H3. The second-order valence-electron chi connectivity index (χ2n) is 12.1. The number of fused-ring (bicyclic) bond motifs is 7. The fraction of sp³-hybridized carbons (Fsp3) is 0.842. The SMILES string of the molecule is C=C(C)C(=O)OCCC[Si]12O[Si]3(C)OC45O[Si](C)(O1)O[Si]4(C)O[Si]1(C)O[Si](C)(O3)O[Si](C)(O2)O[Si]5(C)O1.CCCC(F)(F)F. The molecular weight excluding hydrogens is 734 g/mol. The van der Waals surface area contributed by atoms with Gasteiger partial charge in [-0.15, -0.1) is 0 Å². The molecule has 44 heavy (non-hydrogen) atoms. The summed E-state index contributed by atoms with van der Waals surface area (Å²) in [6, 6.07) is 0.243. The first kappa shape index (κ1) is 35.6. The van der Waals surface area contributed by atoms with Crippen molar-refractivity contribution in [3.63, 3.8) is 0 Å². The van der Waals surface area contributed by atoms with Crippen LogP contribution in [0.1, 0.15) is 33.1 Å². The van der Waals surface area contributed by atoms with E-state index in [1.807, 2.05) is 13.1 Å².